The average molecular weight is 483 g/mol. The smallest absolute Gasteiger partial charge is 0.338 e. The zero-order valence-electron chi connectivity index (χ0n) is 19.1. The highest BCUT2D eigenvalue weighted by Gasteiger charge is 2.35. The summed E-state index contributed by atoms with van der Waals surface area (Å²) in [6, 6.07) is 8.83. The van der Waals surface area contributed by atoms with Gasteiger partial charge in [-0.05, 0) is 49.4 Å². The van der Waals surface area contributed by atoms with Crippen LogP contribution in [0.25, 0.3) is 6.08 Å². The topological polar surface area (TPSA) is 69.9 Å². The Kier molecular flexibility index (Phi) is 6.95. The Bertz CT molecular complexity index is 1390. The molecule has 1 aliphatic rings. The summed E-state index contributed by atoms with van der Waals surface area (Å²) >= 11 is 2.94. The van der Waals surface area contributed by atoms with Gasteiger partial charge >= 0.3 is 5.97 Å². The van der Waals surface area contributed by atoms with Gasteiger partial charge in [-0.15, -0.1) is 11.3 Å². The number of carbonyl (C=O) groups excluding carboxylic acids is 1. The number of aryl methyl sites for hydroxylation is 1. The van der Waals surface area contributed by atoms with E-state index in [0.29, 0.717) is 32.8 Å². The largest absolute Gasteiger partial charge is 0.496 e. The second-order valence-corrected chi connectivity index (χ2v) is 9.58. The molecule has 0 saturated carbocycles. The standard InChI is InChI=1S/C25H26N2O4S2/c1-5-9-17-21(24(29)31-6-2)22(16-10-7-8-11-18(16)30-4)27-23(28)20(33-25(27)26-17)14-19-15(3)12-13-32-19/h7-8,10-14,22H,5-6,9H2,1-4H3/b20-14-/t22-/m0/s1. The third-order valence-electron chi connectivity index (χ3n) is 5.49. The summed E-state index contributed by atoms with van der Waals surface area (Å²) in [4.78, 5) is 33.3. The summed E-state index contributed by atoms with van der Waals surface area (Å²) in [6.07, 6.45) is 3.33. The number of benzene rings is 1. The lowest BCUT2D eigenvalue weighted by atomic mass is 9.93. The van der Waals surface area contributed by atoms with E-state index in [2.05, 4.69) is 0 Å². The van der Waals surface area contributed by atoms with Crippen LogP contribution in [-0.2, 0) is 9.53 Å². The number of thiophene rings is 1. The van der Waals surface area contributed by atoms with Gasteiger partial charge in [-0.3, -0.25) is 9.36 Å². The van der Waals surface area contributed by atoms with Crippen LogP contribution < -0.4 is 19.6 Å². The van der Waals surface area contributed by atoms with Crippen LogP contribution in [0.5, 0.6) is 5.75 Å². The van der Waals surface area contributed by atoms with Crippen LogP contribution in [-0.4, -0.2) is 24.3 Å². The molecule has 1 aliphatic heterocycles. The van der Waals surface area contributed by atoms with Gasteiger partial charge in [0.15, 0.2) is 4.80 Å². The maximum atomic E-state index is 13.7. The maximum Gasteiger partial charge on any atom is 0.338 e. The van der Waals surface area contributed by atoms with Gasteiger partial charge in [-0.2, -0.15) is 0 Å². The first-order chi connectivity index (χ1) is 16.0. The lowest BCUT2D eigenvalue weighted by Crippen LogP contribution is -2.40. The molecule has 2 aromatic heterocycles. The summed E-state index contributed by atoms with van der Waals surface area (Å²) in [5, 5.41) is 2.01. The fraction of sp³-hybridized carbons (Fsp3) is 0.320. The van der Waals surface area contributed by atoms with E-state index in [0.717, 1.165) is 22.4 Å². The molecule has 1 atom stereocenters. The van der Waals surface area contributed by atoms with Crippen LogP contribution in [0.15, 0.2) is 56.8 Å². The summed E-state index contributed by atoms with van der Waals surface area (Å²) < 4.78 is 13.2. The molecule has 0 fully saturated rings. The molecule has 6 nitrogen and oxygen atoms in total. The van der Waals surface area contributed by atoms with Gasteiger partial charge in [0.05, 0.1) is 29.5 Å². The van der Waals surface area contributed by atoms with E-state index in [1.807, 2.05) is 55.6 Å². The van der Waals surface area contributed by atoms with Crippen LogP contribution in [0.4, 0.5) is 0 Å². The van der Waals surface area contributed by atoms with Crippen LogP contribution >= 0.6 is 22.7 Å². The zero-order chi connectivity index (χ0) is 23.5. The quantitative estimate of drug-likeness (QED) is 0.478. The SMILES string of the molecule is CCCC1=C(C(=O)OCC)[C@H](c2ccccc2OC)n2c(s/c(=C\c3sccc3C)c2=O)=N1. The monoisotopic (exact) mass is 482 g/mol. The molecule has 33 heavy (non-hydrogen) atoms. The van der Waals surface area contributed by atoms with Crippen molar-refractivity contribution in [3.8, 4) is 5.75 Å². The lowest BCUT2D eigenvalue weighted by Gasteiger charge is -2.26. The van der Waals surface area contributed by atoms with Gasteiger partial charge in [0.25, 0.3) is 5.56 Å². The van der Waals surface area contributed by atoms with E-state index in [1.165, 1.54) is 11.3 Å². The second kappa shape index (κ2) is 9.89. The first kappa shape index (κ1) is 23.2. The Balaban J connectivity index is 2.05. The molecule has 0 unspecified atom stereocenters. The molecular weight excluding hydrogens is 456 g/mol. The molecule has 0 saturated heterocycles. The highest BCUT2D eigenvalue weighted by Crippen LogP contribution is 2.36. The van der Waals surface area contributed by atoms with Gasteiger partial charge < -0.3 is 9.47 Å². The van der Waals surface area contributed by atoms with Gasteiger partial charge in [0.2, 0.25) is 0 Å². The van der Waals surface area contributed by atoms with Crippen molar-refractivity contribution in [3.63, 3.8) is 0 Å². The van der Waals surface area contributed by atoms with E-state index in [9.17, 15) is 9.59 Å². The number of allylic oxidation sites excluding steroid dienone is 1. The molecule has 172 valence electrons. The van der Waals surface area contributed by atoms with Crippen molar-refractivity contribution in [1.29, 1.82) is 0 Å². The minimum atomic E-state index is -0.676. The number of methoxy groups -OCH3 is 1. The lowest BCUT2D eigenvalue weighted by molar-refractivity contribution is -0.139. The summed E-state index contributed by atoms with van der Waals surface area (Å²) in [5.41, 5.74) is 2.72. The number of hydrogen-bond donors (Lipinski definition) is 0. The molecule has 8 heteroatoms. The number of fused-ring (bicyclic) bond motifs is 1. The number of para-hydroxylation sites is 1. The third-order valence-corrected chi connectivity index (χ3v) is 7.44. The Morgan fingerprint density at radius 2 is 2.03 bits per heavy atom. The van der Waals surface area contributed by atoms with E-state index in [1.54, 1.807) is 29.9 Å². The van der Waals surface area contributed by atoms with Crippen molar-refractivity contribution in [2.24, 2.45) is 4.99 Å². The fourth-order valence-electron chi connectivity index (χ4n) is 3.96. The Labute approximate surface area is 200 Å². The van der Waals surface area contributed by atoms with Crippen molar-refractivity contribution < 1.29 is 14.3 Å². The summed E-state index contributed by atoms with van der Waals surface area (Å²) in [6.45, 7) is 6.07. The number of thiazole rings is 1. The highest BCUT2D eigenvalue weighted by molar-refractivity contribution is 7.11. The van der Waals surface area contributed by atoms with E-state index in [4.69, 9.17) is 14.5 Å². The molecule has 0 N–H and O–H groups in total. The highest BCUT2D eigenvalue weighted by atomic mass is 32.1. The molecule has 0 spiro atoms. The molecule has 0 amide bonds. The maximum absolute atomic E-state index is 13.7. The normalized spacial score (nSPS) is 15.9. The molecule has 0 aliphatic carbocycles. The number of ether oxygens (including phenoxy) is 2. The van der Waals surface area contributed by atoms with Crippen molar-refractivity contribution in [1.82, 2.24) is 4.57 Å². The Morgan fingerprint density at radius 1 is 1.24 bits per heavy atom. The number of rotatable bonds is 7. The minimum absolute atomic E-state index is 0.181. The predicted octanol–water partition coefficient (Wildman–Crippen LogP) is 3.96. The molecule has 0 bridgehead atoms. The van der Waals surface area contributed by atoms with Crippen molar-refractivity contribution >= 4 is 34.7 Å². The fourth-order valence-corrected chi connectivity index (χ4v) is 5.89. The first-order valence-electron chi connectivity index (χ1n) is 10.9. The number of carbonyl (C=O) groups is 1. The van der Waals surface area contributed by atoms with Crippen molar-refractivity contribution in [3.05, 3.63) is 82.7 Å². The van der Waals surface area contributed by atoms with Crippen LogP contribution in [0, 0.1) is 6.92 Å². The number of nitrogens with zero attached hydrogens (tertiary/aromatic N) is 2. The summed E-state index contributed by atoms with van der Waals surface area (Å²) in [7, 11) is 1.59. The molecular formula is C25H26N2O4S2. The van der Waals surface area contributed by atoms with Gasteiger partial charge in [0, 0.05) is 10.4 Å². The van der Waals surface area contributed by atoms with Crippen LogP contribution in [0.1, 0.15) is 48.7 Å². The second-order valence-electron chi connectivity index (χ2n) is 7.62. The van der Waals surface area contributed by atoms with Crippen LogP contribution in [0.2, 0.25) is 0 Å². The average Bonchev–Trinajstić information content (AvgIpc) is 3.35. The number of aromatic nitrogens is 1. The third kappa shape index (κ3) is 4.32. The Hall–Kier alpha value is -2.97. The van der Waals surface area contributed by atoms with E-state index < -0.39 is 12.0 Å². The molecule has 3 aromatic rings. The Morgan fingerprint density at radius 3 is 2.70 bits per heavy atom. The van der Waals surface area contributed by atoms with Crippen molar-refractivity contribution in [2.45, 2.75) is 39.7 Å². The van der Waals surface area contributed by atoms with Crippen molar-refractivity contribution in [2.75, 3.05) is 13.7 Å². The minimum Gasteiger partial charge on any atom is -0.496 e. The van der Waals surface area contributed by atoms with E-state index >= 15 is 0 Å². The molecule has 1 aromatic carbocycles. The molecule has 4 rings (SSSR count). The summed E-state index contributed by atoms with van der Waals surface area (Å²) in [5.74, 6) is 0.148. The number of esters is 1. The van der Waals surface area contributed by atoms with E-state index in [-0.39, 0.29) is 12.2 Å². The molecule has 0 radical (unpaired) electrons. The van der Waals surface area contributed by atoms with Gasteiger partial charge in [0.1, 0.15) is 11.8 Å². The number of hydrogen-bond acceptors (Lipinski definition) is 7. The van der Waals surface area contributed by atoms with Gasteiger partial charge in [-0.1, -0.05) is 42.9 Å². The molecule has 3 heterocycles. The zero-order valence-corrected chi connectivity index (χ0v) is 20.7. The van der Waals surface area contributed by atoms with Crippen LogP contribution in [0.3, 0.4) is 0 Å². The first-order valence-corrected chi connectivity index (χ1v) is 12.6. The van der Waals surface area contributed by atoms with Gasteiger partial charge in [-0.25, -0.2) is 9.79 Å². The predicted molar refractivity (Wildman–Crippen MR) is 132 cm³/mol.